The predicted octanol–water partition coefficient (Wildman–Crippen LogP) is -4.33. The number of rotatable bonds is 12. The number of carboxylic acids is 1. The van der Waals surface area contributed by atoms with E-state index in [0.29, 0.717) is 0 Å². The van der Waals surface area contributed by atoms with Crippen molar-refractivity contribution in [2.24, 2.45) is 11.5 Å². The molecule has 0 aliphatic heterocycles. The SMILES string of the molecule is NC(=O)CCC(N)C(=O)NCC(=O)NC(CO)C(=O)NC(CS)C(=O)O. The van der Waals surface area contributed by atoms with Crippen LogP contribution in [0.3, 0.4) is 0 Å². The van der Waals surface area contributed by atoms with E-state index in [1.54, 1.807) is 0 Å². The van der Waals surface area contributed by atoms with Crippen molar-refractivity contribution in [1.29, 1.82) is 0 Å². The third kappa shape index (κ3) is 9.19. The quantitative estimate of drug-likeness (QED) is 0.151. The number of aliphatic carboxylic acids is 1. The molecule has 0 fully saturated rings. The second-order valence-electron chi connectivity index (χ2n) is 5.21. The summed E-state index contributed by atoms with van der Waals surface area (Å²) >= 11 is 3.77. The Morgan fingerprint density at radius 2 is 1.65 bits per heavy atom. The number of carbonyl (C=O) groups is 5. The van der Waals surface area contributed by atoms with Crippen molar-refractivity contribution in [3.05, 3.63) is 0 Å². The molecule has 0 aliphatic carbocycles. The molecule has 12 nitrogen and oxygen atoms in total. The zero-order valence-electron chi connectivity index (χ0n) is 13.8. The highest BCUT2D eigenvalue weighted by Crippen LogP contribution is 1.94. The summed E-state index contributed by atoms with van der Waals surface area (Å²) < 4.78 is 0. The summed E-state index contributed by atoms with van der Waals surface area (Å²) in [5.74, 6) is -4.57. The summed E-state index contributed by atoms with van der Waals surface area (Å²) in [6.45, 7) is -1.33. The van der Waals surface area contributed by atoms with Crippen molar-refractivity contribution >= 4 is 42.2 Å². The number of nitrogens with one attached hydrogen (secondary N) is 3. The Morgan fingerprint density at radius 1 is 1.04 bits per heavy atom. The molecule has 0 aromatic heterocycles. The average molecular weight is 393 g/mol. The number of primary amides is 1. The minimum absolute atomic E-state index is 0.00472. The van der Waals surface area contributed by atoms with Crippen LogP contribution in [0.2, 0.25) is 0 Å². The standard InChI is InChI=1S/C13H23N5O7S/c14-6(1-2-9(15)20)11(22)16-3-10(21)17-7(4-19)12(23)18-8(5-26)13(24)25/h6-8,19,26H,1-5,14H2,(H2,15,20)(H,16,22)(H,17,21)(H,18,23)(H,24,25). The number of carboxylic acid groups (broad SMARTS) is 1. The molecule has 0 heterocycles. The van der Waals surface area contributed by atoms with Gasteiger partial charge >= 0.3 is 5.97 Å². The topological polar surface area (TPSA) is 214 Å². The van der Waals surface area contributed by atoms with Crippen molar-refractivity contribution in [3.63, 3.8) is 0 Å². The van der Waals surface area contributed by atoms with Gasteiger partial charge in [-0.25, -0.2) is 4.79 Å². The van der Waals surface area contributed by atoms with Gasteiger partial charge in [-0.15, -0.1) is 0 Å². The molecule has 0 aromatic carbocycles. The minimum atomic E-state index is -1.41. The van der Waals surface area contributed by atoms with Gasteiger partial charge < -0.3 is 37.6 Å². The Kier molecular flexibility index (Phi) is 10.9. The van der Waals surface area contributed by atoms with Crippen LogP contribution in [0, 0.1) is 0 Å². The number of hydrogen-bond donors (Lipinski definition) is 8. The van der Waals surface area contributed by atoms with Gasteiger partial charge in [-0.3, -0.25) is 19.2 Å². The van der Waals surface area contributed by atoms with E-state index in [0.717, 1.165) is 0 Å². The van der Waals surface area contributed by atoms with E-state index in [1.165, 1.54) is 0 Å². The Labute approximate surface area is 154 Å². The van der Waals surface area contributed by atoms with Crippen molar-refractivity contribution < 1.29 is 34.2 Å². The van der Waals surface area contributed by atoms with Crippen LogP contribution >= 0.6 is 12.6 Å². The Balaban J connectivity index is 4.45. The molecule has 0 saturated heterocycles. The molecular formula is C13H23N5O7S. The van der Waals surface area contributed by atoms with Crippen molar-refractivity contribution in [3.8, 4) is 0 Å². The molecule has 9 N–H and O–H groups in total. The lowest BCUT2D eigenvalue weighted by Crippen LogP contribution is -2.55. The molecule has 0 bridgehead atoms. The van der Waals surface area contributed by atoms with Crippen molar-refractivity contribution in [2.45, 2.75) is 31.0 Å². The molecule has 0 aliphatic rings. The van der Waals surface area contributed by atoms with Crippen molar-refractivity contribution in [2.75, 3.05) is 18.9 Å². The average Bonchev–Trinajstić information content (AvgIpc) is 2.59. The molecular weight excluding hydrogens is 370 g/mol. The van der Waals surface area contributed by atoms with Gasteiger partial charge in [0.15, 0.2) is 0 Å². The first-order chi connectivity index (χ1) is 12.1. The van der Waals surface area contributed by atoms with Gasteiger partial charge in [0.05, 0.1) is 19.2 Å². The first-order valence-corrected chi connectivity index (χ1v) is 8.11. The Hall–Kier alpha value is -2.38. The summed E-state index contributed by atoms with van der Waals surface area (Å²) in [7, 11) is 0. The highest BCUT2D eigenvalue weighted by Gasteiger charge is 2.25. The second kappa shape index (κ2) is 12.1. The molecule has 3 atom stereocenters. The number of amides is 4. The van der Waals surface area contributed by atoms with Crippen LogP contribution in [0.15, 0.2) is 0 Å². The van der Waals surface area contributed by atoms with Crippen molar-refractivity contribution in [1.82, 2.24) is 16.0 Å². The first-order valence-electron chi connectivity index (χ1n) is 7.48. The molecule has 0 saturated carbocycles. The Morgan fingerprint density at radius 3 is 2.12 bits per heavy atom. The number of aliphatic hydroxyl groups is 1. The molecule has 3 unspecified atom stereocenters. The van der Waals surface area contributed by atoms with Crippen LogP contribution in [0.25, 0.3) is 0 Å². The maximum absolute atomic E-state index is 11.8. The number of thiol groups is 1. The molecule has 0 rings (SSSR count). The number of carbonyl (C=O) groups excluding carboxylic acids is 4. The second-order valence-corrected chi connectivity index (χ2v) is 5.58. The van der Waals surface area contributed by atoms with E-state index < -0.39 is 60.9 Å². The number of hydrogen-bond acceptors (Lipinski definition) is 8. The third-order valence-electron chi connectivity index (χ3n) is 3.09. The summed E-state index contributed by atoms with van der Waals surface area (Å²) in [5.41, 5.74) is 10.4. The summed E-state index contributed by atoms with van der Waals surface area (Å²) in [6.07, 6.45) is -0.0891. The molecule has 0 aromatic rings. The van der Waals surface area contributed by atoms with Crippen LogP contribution in [0.1, 0.15) is 12.8 Å². The van der Waals surface area contributed by atoms with Gasteiger partial charge in [-0.2, -0.15) is 12.6 Å². The van der Waals surface area contributed by atoms with E-state index in [1.807, 2.05) is 0 Å². The maximum atomic E-state index is 11.8. The number of nitrogens with two attached hydrogens (primary N) is 2. The first kappa shape index (κ1) is 23.6. The fraction of sp³-hybridized carbons (Fsp3) is 0.615. The smallest absolute Gasteiger partial charge is 0.327 e. The van der Waals surface area contributed by atoms with E-state index in [9.17, 15) is 24.0 Å². The lowest BCUT2D eigenvalue weighted by atomic mass is 10.1. The zero-order valence-corrected chi connectivity index (χ0v) is 14.7. The lowest BCUT2D eigenvalue weighted by Gasteiger charge is -2.19. The highest BCUT2D eigenvalue weighted by atomic mass is 32.1. The highest BCUT2D eigenvalue weighted by molar-refractivity contribution is 7.80. The van der Waals surface area contributed by atoms with Gasteiger partial charge in [0, 0.05) is 12.2 Å². The normalized spacial score (nSPS) is 13.8. The Bertz CT molecular complexity index is 545. The molecule has 13 heteroatoms. The molecule has 4 amide bonds. The van der Waals surface area contributed by atoms with Gasteiger partial charge in [0.2, 0.25) is 23.6 Å². The van der Waals surface area contributed by atoms with Crippen LogP contribution in [0.4, 0.5) is 0 Å². The predicted molar refractivity (Wildman–Crippen MR) is 91.8 cm³/mol. The fourth-order valence-electron chi connectivity index (χ4n) is 1.62. The zero-order chi connectivity index (χ0) is 20.3. The number of aliphatic hydroxyl groups excluding tert-OH is 1. The molecule has 26 heavy (non-hydrogen) atoms. The van der Waals surface area contributed by atoms with Crippen LogP contribution in [-0.4, -0.2) is 76.8 Å². The van der Waals surface area contributed by atoms with Gasteiger partial charge in [-0.05, 0) is 6.42 Å². The van der Waals surface area contributed by atoms with Gasteiger partial charge in [0.25, 0.3) is 0 Å². The van der Waals surface area contributed by atoms with E-state index >= 15 is 0 Å². The largest absolute Gasteiger partial charge is 0.480 e. The van der Waals surface area contributed by atoms with E-state index in [-0.39, 0.29) is 18.6 Å². The van der Waals surface area contributed by atoms with E-state index in [4.69, 9.17) is 21.7 Å². The molecule has 0 spiro atoms. The van der Waals surface area contributed by atoms with Crippen LogP contribution in [0.5, 0.6) is 0 Å². The van der Waals surface area contributed by atoms with E-state index in [2.05, 4.69) is 28.6 Å². The lowest BCUT2D eigenvalue weighted by molar-refractivity contribution is -0.141. The van der Waals surface area contributed by atoms with Crippen LogP contribution < -0.4 is 27.4 Å². The summed E-state index contributed by atoms with van der Waals surface area (Å²) in [6, 6.07) is -3.75. The van der Waals surface area contributed by atoms with Gasteiger partial charge in [-0.1, -0.05) is 0 Å². The maximum Gasteiger partial charge on any atom is 0.327 e. The molecule has 148 valence electrons. The van der Waals surface area contributed by atoms with Gasteiger partial charge in [0.1, 0.15) is 12.1 Å². The summed E-state index contributed by atoms with van der Waals surface area (Å²) in [5, 5.41) is 24.4. The summed E-state index contributed by atoms with van der Waals surface area (Å²) in [4.78, 5) is 56.7. The fourth-order valence-corrected chi connectivity index (χ4v) is 1.87. The third-order valence-corrected chi connectivity index (χ3v) is 3.46. The monoisotopic (exact) mass is 393 g/mol. The van der Waals surface area contributed by atoms with Crippen LogP contribution in [-0.2, 0) is 24.0 Å². The molecule has 0 radical (unpaired) electrons. The minimum Gasteiger partial charge on any atom is -0.480 e.